The maximum atomic E-state index is 11.8. The normalized spacial score (nSPS) is 10.2. The second kappa shape index (κ2) is 5.35. The molecule has 1 heterocycles. The lowest BCUT2D eigenvalue weighted by Gasteiger charge is -2.04. The number of aryl methyl sites for hydroxylation is 1. The van der Waals surface area contributed by atoms with E-state index in [0.717, 1.165) is 9.32 Å². The first kappa shape index (κ1) is 12.2. The number of Topliss-reactive ketones (excluding diaryl/α,β-unsaturated/α-hetero) is 1. The van der Waals surface area contributed by atoms with E-state index in [1.54, 1.807) is 12.3 Å². The maximum Gasteiger partial charge on any atom is 0.201 e. The van der Waals surface area contributed by atoms with Gasteiger partial charge in [0.05, 0.1) is 0 Å². The number of ether oxygens (including phenoxy) is 1. The zero-order valence-corrected chi connectivity index (χ0v) is 11.5. The van der Waals surface area contributed by atoms with E-state index in [9.17, 15) is 4.79 Å². The molecule has 88 valence electrons. The average Bonchev–Trinajstić information content (AvgIpc) is 2.75. The highest BCUT2D eigenvalue weighted by molar-refractivity contribution is 14.1. The maximum absolute atomic E-state index is 11.8. The van der Waals surface area contributed by atoms with Crippen molar-refractivity contribution < 1.29 is 9.53 Å². The van der Waals surface area contributed by atoms with Crippen molar-refractivity contribution in [3.05, 3.63) is 51.9 Å². The van der Waals surface area contributed by atoms with E-state index in [1.807, 2.05) is 42.1 Å². The van der Waals surface area contributed by atoms with Gasteiger partial charge in [-0.05, 0) is 52.9 Å². The Balaban J connectivity index is 1.94. The number of hydrogen-bond donors (Lipinski definition) is 0. The number of carbonyl (C=O) groups is 1. The fraction of sp³-hybridized carbons (Fsp3) is 0.154. The van der Waals surface area contributed by atoms with Gasteiger partial charge in [0.2, 0.25) is 5.78 Å². The third kappa shape index (κ3) is 3.33. The number of halogens is 1. The van der Waals surface area contributed by atoms with Crippen molar-refractivity contribution in [3.8, 4) is 5.75 Å². The van der Waals surface area contributed by atoms with Crippen molar-refractivity contribution in [3.63, 3.8) is 0 Å². The standard InChI is InChI=1S/C13H12INO2/c1-15-7-6-10(8-15)13(16)9-17-12-4-2-11(14)3-5-12/h2-8H,9H2,1H3. The van der Waals surface area contributed by atoms with Crippen LogP contribution in [0.5, 0.6) is 5.75 Å². The molecule has 17 heavy (non-hydrogen) atoms. The van der Waals surface area contributed by atoms with Crippen LogP contribution in [0.1, 0.15) is 10.4 Å². The monoisotopic (exact) mass is 341 g/mol. The Bertz CT molecular complexity index is 516. The molecule has 3 nitrogen and oxygen atoms in total. The summed E-state index contributed by atoms with van der Waals surface area (Å²) in [4.78, 5) is 11.8. The molecule has 0 aliphatic heterocycles. The van der Waals surface area contributed by atoms with Gasteiger partial charge in [-0.2, -0.15) is 0 Å². The SMILES string of the molecule is Cn1ccc(C(=O)COc2ccc(I)cc2)c1. The van der Waals surface area contributed by atoms with Gasteiger partial charge in [0, 0.05) is 28.6 Å². The van der Waals surface area contributed by atoms with Crippen LogP contribution in [0.4, 0.5) is 0 Å². The van der Waals surface area contributed by atoms with Gasteiger partial charge in [0.25, 0.3) is 0 Å². The Morgan fingerprint density at radius 1 is 1.29 bits per heavy atom. The summed E-state index contributed by atoms with van der Waals surface area (Å²) < 4.78 is 8.41. The Morgan fingerprint density at radius 3 is 2.59 bits per heavy atom. The van der Waals surface area contributed by atoms with Gasteiger partial charge < -0.3 is 9.30 Å². The predicted octanol–water partition coefficient (Wildman–Crippen LogP) is 2.89. The van der Waals surface area contributed by atoms with Crippen molar-refractivity contribution in [2.24, 2.45) is 7.05 Å². The molecule has 1 aromatic carbocycles. The molecule has 0 saturated carbocycles. The molecule has 2 rings (SSSR count). The highest BCUT2D eigenvalue weighted by Gasteiger charge is 2.07. The van der Waals surface area contributed by atoms with Crippen molar-refractivity contribution >= 4 is 28.4 Å². The van der Waals surface area contributed by atoms with Gasteiger partial charge in [-0.3, -0.25) is 4.79 Å². The van der Waals surface area contributed by atoms with Crippen molar-refractivity contribution in [2.45, 2.75) is 0 Å². The van der Waals surface area contributed by atoms with Crippen LogP contribution in [-0.2, 0) is 7.05 Å². The molecular formula is C13H12INO2. The van der Waals surface area contributed by atoms with Crippen LogP contribution in [0.3, 0.4) is 0 Å². The lowest BCUT2D eigenvalue weighted by Crippen LogP contribution is -2.10. The third-order valence-corrected chi connectivity index (χ3v) is 3.06. The van der Waals surface area contributed by atoms with Crippen LogP contribution in [0.15, 0.2) is 42.7 Å². The first-order valence-electron chi connectivity index (χ1n) is 5.19. The summed E-state index contributed by atoms with van der Waals surface area (Å²) in [6, 6.07) is 9.41. The summed E-state index contributed by atoms with van der Waals surface area (Å²) in [6.07, 6.45) is 3.64. The van der Waals surface area contributed by atoms with Crippen molar-refractivity contribution in [2.75, 3.05) is 6.61 Å². The molecule has 4 heteroatoms. The molecule has 0 spiro atoms. The quantitative estimate of drug-likeness (QED) is 0.633. The number of ketones is 1. The van der Waals surface area contributed by atoms with Gasteiger partial charge in [-0.15, -0.1) is 0 Å². The molecule has 0 atom stereocenters. The Hall–Kier alpha value is -1.30. The third-order valence-electron chi connectivity index (χ3n) is 2.34. The summed E-state index contributed by atoms with van der Waals surface area (Å²) >= 11 is 2.23. The molecule has 0 N–H and O–H groups in total. The van der Waals surface area contributed by atoms with E-state index in [1.165, 1.54) is 0 Å². The summed E-state index contributed by atoms with van der Waals surface area (Å²) in [6.45, 7) is 0.0740. The summed E-state index contributed by atoms with van der Waals surface area (Å²) in [5, 5.41) is 0. The molecule has 0 bridgehead atoms. The molecule has 0 unspecified atom stereocenters. The summed E-state index contributed by atoms with van der Waals surface area (Å²) in [5.74, 6) is 0.707. The van der Waals surface area contributed by atoms with E-state index in [2.05, 4.69) is 22.6 Å². The molecule has 0 saturated heterocycles. The fourth-order valence-electron chi connectivity index (χ4n) is 1.43. The first-order valence-corrected chi connectivity index (χ1v) is 6.26. The smallest absolute Gasteiger partial charge is 0.201 e. The fourth-order valence-corrected chi connectivity index (χ4v) is 1.79. The molecule has 0 amide bonds. The van der Waals surface area contributed by atoms with E-state index in [4.69, 9.17) is 4.74 Å². The highest BCUT2D eigenvalue weighted by Crippen LogP contribution is 2.13. The average molecular weight is 341 g/mol. The van der Waals surface area contributed by atoms with E-state index >= 15 is 0 Å². The first-order chi connectivity index (χ1) is 8.15. The molecule has 2 aromatic rings. The van der Waals surface area contributed by atoms with Gasteiger partial charge in [-0.25, -0.2) is 0 Å². The van der Waals surface area contributed by atoms with Gasteiger partial charge >= 0.3 is 0 Å². The summed E-state index contributed by atoms with van der Waals surface area (Å²) in [5.41, 5.74) is 0.679. The molecular weight excluding hydrogens is 329 g/mol. The number of hydrogen-bond acceptors (Lipinski definition) is 2. The van der Waals surface area contributed by atoms with E-state index in [-0.39, 0.29) is 12.4 Å². The summed E-state index contributed by atoms with van der Waals surface area (Å²) in [7, 11) is 1.89. The minimum Gasteiger partial charge on any atom is -0.485 e. The molecule has 0 aliphatic rings. The zero-order valence-electron chi connectivity index (χ0n) is 9.39. The number of carbonyl (C=O) groups excluding carboxylic acids is 1. The molecule has 0 aliphatic carbocycles. The van der Waals surface area contributed by atoms with Crippen LogP contribution in [-0.4, -0.2) is 17.0 Å². The number of rotatable bonds is 4. The molecule has 0 radical (unpaired) electrons. The van der Waals surface area contributed by atoms with Crippen LogP contribution in [0.25, 0.3) is 0 Å². The topological polar surface area (TPSA) is 31.2 Å². The Kier molecular flexibility index (Phi) is 3.83. The van der Waals surface area contributed by atoms with Crippen LogP contribution < -0.4 is 4.74 Å². The minimum atomic E-state index is -0.0100. The van der Waals surface area contributed by atoms with E-state index in [0.29, 0.717) is 5.56 Å². The Labute approximate surface area is 114 Å². The van der Waals surface area contributed by atoms with Crippen molar-refractivity contribution in [1.29, 1.82) is 0 Å². The molecule has 0 fully saturated rings. The van der Waals surface area contributed by atoms with Crippen LogP contribution >= 0.6 is 22.6 Å². The van der Waals surface area contributed by atoms with E-state index < -0.39 is 0 Å². The Morgan fingerprint density at radius 2 is 2.00 bits per heavy atom. The lowest BCUT2D eigenvalue weighted by molar-refractivity contribution is 0.0921. The highest BCUT2D eigenvalue weighted by atomic mass is 127. The molecule has 1 aromatic heterocycles. The number of benzene rings is 1. The number of nitrogens with zero attached hydrogens (tertiary/aromatic N) is 1. The van der Waals surface area contributed by atoms with Crippen molar-refractivity contribution in [1.82, 2.24) is 4.57 Å². The predicted molar refractivity (Wildman–Crippen MR) is 74.4 cm³/mol. The minimum absolute atomic E-state index is 0.0100. The van der Waals surface area contributed by atoms with Gasteiger partial charge in [0.15, 0.2) is 6.61 Å². The second-order valence-electron chi connectivity index (χ2n) is 3.73. The zero-order chi connectivity index (χ0) is 12.3. The second-order valence-corrected chi connectivity index (χ2v) is 4.98. The van der Waals surface area contributed by atoms with Crippen LogP contribution in [0, 0.1) is 3.57 Å². The lowest BCUT2D eigenvalue weighted by atomic mass is 10.2. The number of aromatic nitrogens is 1. The van der Waals surface area contributed by atoms with Crippen LogP contribution in [0.2, 0.25) is 0 Å². The van der Waals surface area contributed by atoms with Gasteiger partial charge in [0.1, 0.15) is 5.75 Å². The largest absolute Gasteiger partial charge is 0.485 e. The van der Waals surface area contributed by atoms with Gasteiger partial charge in [-0.1, -0.05) is 0 Å².